The Morgan fingerprint density at radius 1 is 1.11 bits per heavy atom. The summed E-state index contributed by atoms with van der Waals surface area (Å²) in [6.07, 6.45) is -5.25. The lowest BCUT2D eigenvalue weighted by atomic mass is 9.75. The molecule has 18 nitrogen and oxygen atoms in total. The monoisotopic (exact) mass is 874 g/mol. The van der Waals surface area contributed by atoms with E-state index in [2.05, 4.69) is 20.1 Å². The van der Waals surface area contributed by atoms with E-state index in [0.717, 1.165) is 6.92 Å². The lowest BCUT2D eigenvalue weighted by Gasteiger charge is -2.47. The molecule has 12 atom stereocenters. The number of halogens is 1. The summed E-state index contributed by atoms with van der Waals surface area (Å²) >= 11 is 0. The van der Waals surface area contributed by atoms with Gasteiger partial charge >= 0.3 is 5.97 Å². The summed E-state index contributed by atoms with van der Waals surface area (Å²) in [5.41, 5.74) is 0.233. The van der Waals surface area contributed by atoms with Crippen molar-refractivity contribution in [2.45, 2.75) is 154 Å². The van der Waals surface area contributed by atoms with Gasteiger partial charge < -0.3 is 53.8 Å². The van der Waals surface area contributed by atoms with E-state index >= 15 is 4.39 Å². The molecule has 3 fully saturated rings. The van der Waals surface area contributed by atoms with Crippen LogP contribution in [-0.2, 0) is 49.5 Å². The van der Waals surface area contributed by atoms with Crippen LogP contribution in [0.1, 0.15) is 93.2 Å². The first-order valence-electron chi connectivity index (χ1n) is 21.1. The van der Waals surface area contributed by atoms with E-state index in [1.165, 1.54) is 20.1 Å². The third kappa shape index (κ3) is 11.1. The van der Waals surface area contributed by atoms with Gasteiger partial charge in [-0.3, -0.25) is 9.59 Å². The number of nitrogen functional groups attached to an aromatic ring is 1. The zero-order valence-electron chi connectivity index (χ0n) is 37.3. The Balaban J connectivity index is 1.64. The molecular formula is C43H63FN6O12. The molecule has 3 saturated heterocycles. The number of aliphatic hydroxyl groups is 2. The van der Waals surface area contributed by atoms with E-state index < -0.39 is 89.2 Å². The van der Waals surface area contributed by atoms with Crippen LogP contribution < -0.4 is 5.73 Å². The molecule has 4 N–H and O–H groups in total. The van der Waals surface area contributed by atoms with E-state index in [9.17, 15) is 24.6 Å². The number of pyridine rings is 1. The van der Waals surface area contributed by atoms with Gasteiger partial charge in [0.25, 0.3) is 5.67 Å². The Labute approximate surface area is 361 Å². The number of oxime groups is 1. The van der Waals surface area contributed by atoms with Crippen LogP contribution in [0, 0.1) is 11.8 Å². The van der Waals surface area contributed by atoms with Crippen molar-refractivity contribution in [1.29, 1.82) is 0 Å². The van der Waals surface area contributed by atoms with Gasteiger partial charge in [0.15, 0.2) is 18.7 Å². The van der Waals surface area contributed by atoms with Crippen molar-refractivity contribution < 1.29 is 61.9 Å². The number of rotatable bonds is 9. The van der Waals surface area contributed by atoms with Gasteiger partial charge in [-0.15, -0.1) is 0 Å². The van der Waals surface area contributed by atoms with Crippen LogP contribution in [-0.4, -0.2) is 141 Å². The largest absolute Gasteiger partial charge is 0.457 e. The summed E-state index contributed by atoms with van der Waals surface area (Å²) in [7, 11) is 3.62. The van der Waals surface area contributed by atoms with E-state index in [1.807, 2.05) is 25.9 Å². The molecule has 19 heteroatoms. The minimum atomic E-state index is -3.23. The van der Waals surface area contributed by atoms with Crippen molar-refractivity contribution >= 4 is 34.9 Å². The highest BCUT2D eigenvalue weighted by molar-refractivity contribution is 6.08. The van der Waals surface area contributed by atoms with Crippen molar-refractivity contribution in [3.8, 4) is 11.6 Å². The molecule has 0 saturated carbocycles. The van der Waals surface area contributed by atoms with Crippen molar-refractivity contribution in [3.05, 3.63) is 30.2 Å². The van der Waals surface area contributed by atoms with Gasteiger partial charge in [-0.05, 0) is 79.1 Å². The lowest BCUT2D eigenvalue weighted by Crippen LogP contribution is -2.61. The number of nitrogens with zero attached hydrogens (tertiary/aromatic N) is 5. The van der Waals surface area contributed by atoms with Crippen LogP contribution >= 0.6 is 0 Å². The third-order valence-electron chi connectivity index (χ3n) is 12.0. The predicted octanol–water partition coefficient (Wildman–Crippen LogP) is 3.99. The second-order valence-corrected chi connectivity index (χ2v) is 17.4. The number of ketones is 1. The molecule has 3 aliphatic heterocycles. The molecule has 1 amide bonds. The van der Waals surface area contributed by atoms with Gasteiger partial charge in [-0.1, -0.05) is 38.9 Å². The quantitative estimate of drug-likeness (QED) is 0.183. The number of likely N-dealkylation sites (N-methyl/N-ethyl adjacent to an activating group) is 1. The average Bonchev–Trinajstić information content (AvgIpc) is 3.69. The van der Waals surface area contributed by atoms with Gasteiger partial charge in [0, 0.05) is 30.5 Å². The molecule has 0 aliphatic carbocycles. The Hall–Kier alpha value is -4.24. The number of carbonyl (C=O) groups excluding carboxylic acids is 3. The zero-order valence-corrected chi connectivity index (χ0v) is 37.3. The summed E-state index contributed by atoms with van der Waals surface area (Å²) in [4.78, 5) is 62.0. The Bertz CT molecular complexity index is 1960. The van der Waals surface area contributed by atoms with E-state index in [1.54, 1.807) is 45.9 Å². The lowest BCUT2D eigenvalue weighted by molar-refractivity contribution is -0.296. The molecule has 0 spiro atoms. The number of carbonyl (C=O) groups is 3. The number of aromatic nitrogens is 2. The zero-order chi connectivity index (χ0) is 45.7. The number of hydrogen-bond donors (Lipinski definition) is 3. The van der Waals surface area contributed by atoms with Gasteiger partial charge in [-0.25, -0.2) is 24.1 Å². The van der Waals surface area contributed by atoms with Crippen LogP contribution in [0.25, 0.3) is 11.6 Å². The molecule has 3 aliphatic rings. The number of alkyl halides is 1. The van der Waals surface area contributed by atoms with Crippen molar-refractivity contribution in [3.63, 3.8) is 0 Å². The minimum Gasteiger partial charge on any atom is -0.457 e. The maximum absolute atomic E-state index is 16.9. The minimum absolute atomic E-state index is 0.00596. The number of amides is 1. The fourth-order valence-corrected chi connectivity index (χ4v) is 8.31. The van der Waals surface area contributed by atoms with E-state index in [0.29, 0.717) is 23.5 Å². The molecule has 62 heavy (non-hydrogen) atoms. The fourth-order valence-electron chi connectivity index (χ4n) is 8.31. The molecule has 2 aromatic rings. The van der Waals surface area contributed by atoms with E-state index in [4.69, 9.17) is 38.7 Å². The topological polar surface area (TPSA) is 240 Å². The SMILES string of the molecule is CCC(=O)/N=C1/C[C@H]2OC/C(=N\OCc3coc(-c4cccc(N)n4)n3)CO[C@](C)(C[C@H]1C)[C@H](O[C@@H]1O[C@H](C)C[C@H](N(C)C)[C@H]1O)[C@@H](C)C(=O)[C@](C)(F)C(=O)O[C@H](CC)[C@@]2(C)O. The van der Waals surface area contributed by atoms with Gasteiger partial charge in [0.1, 0.15) is 47.0 Å². The van der Waals surface area contributed by atoms with E-state index in [-0.39, 0.29) is 62.9 Å². The second-order valence-electron chi connectivity index (χ2n) is 17.4. The first-order chi connectivity index (χ1) is 29.1. The Kier molecular flexibility index (Phi) is 15.8. The van der Waals surface area contributed by atoms with Crippen molar-refractivity contribution in [2.24, 2.45) is 22.0 Å². The van der Waals surface area contributed by atoms with Crippen molar-refractivity contribution in [1.82, 2.24) is 14.9 Å². The summed E-state index contributed by atoms with van der Waals surface area (Å²) in [6.45, 7) is 11.4. The maximum atomic E-state index is 16.9. The summed E-state index contributed by atoms with van der Waals surface area (Å²) in [5.74, 6) is -4.74. The highest BCUT2D eigenvalue weighted by Gasteiger charge is 2.56. The molecule has 0 radical (unpaired) electrons. The van der Waals surface area contributed by atoms with Crippen LogP contribution in [0.15, 0.2) is 39.0 Å². The number of cyclic esters (lactones) is 1. The molecule has 0 aromatic carbocycles. The van der Waals surface area contributed by atoms with Crippen LogP contribution in [0.3, 0.4) is 0 Å². The number of anilines is 1. The van der Waals surface area contributed by atoms with Crippen molar-refractivity contribution in [2.75, 3.05) is 33.0 Å². The highest BCUT2D eigenvalue weighted by Crippen LogP contribution is 2.40. The molecule has 344 valence electrons. The summed E-state index contributed by atoms with van der Waals surface area (Å²) < 4.78 is 54.1. The van der Waals surface area contributed by atoms with Crippen LogP contribution in [0.2, 0.25) is 0 Å². The Morgan fingerprint density at radius 3 is 2.50 bits per heavy atom. The number of aliphatic hydroxyl groups excluding tert-OH is 1. The summed E-state index contributed by atoms with van der Waals surface area (Å²) in [6, 6.07) is 4.62. The number of oxazole rings is 1. The smallest absolute Gasteiger partial charge is 0.351 e. The van der Waals surface area contributed by atoms with Crippen LogP contribution in [0.4, 0.5) is 10.2 Å². The molecule has 2 bridgehead atoms. The predicted molar refractivity (Wildman–Crippen MR) is 223 cm³/mol. The fraction of sp³-hybridized carbons (Fsp3) is 0.698. The molecule has 5 rings (SSSR count). The van der Waals surface area contributed by atoms with Gasteiger partial charge in [0.05, 0.1) is 37.1 Å². The number of nitrogens with two attached hydrogens (primary N) is 1. The van der Waals surface area contributed by atoms with Gasteiger partial charge in [-0.2, -0.15) is 0 Å². The number of Topliss-reactive ketones (excluding diaryl/α,β-unsaturated/α-hetero) is 1. The highest BCUT2D eigenvalue weighted by atomic mass is 19.1. The molecule has 2 aromatic heterocycles. The average molecular weight is 875 g/mol. The normalized spacial score (nSPS) is 36.8. The standard InChI is InChI=1S/C43H63FN6O12/c1-11-31-43(8,55)32-17-29(48-34(51)12-2)23(3)18-41(6,58-21-27(20-56-32)49-59-22-26-19-57-38(46-26)28-14-13-15-33(45)47-28)37(25(5)36(53)42(7,44)40(54)61-31)62-39-35(52)30(50(9)10)16-24(4)60-39/h13-15,19,23-25,30-32,35,37,39,52,55H,11-12,16-18,20-22H2,1-10H3,(H2,45,47)/b48-29-,49-27+/t23-,24-,25+,30+,31-,32-,35-,37-,39+,41-,42+,43-/m1/s1. The van der Waals surface area contributed by atoms with Crippen LogP contribution in [0.5, 0.6) is 0 Å². The number of esters is 1. The second kappa shape index (κ2) is 20.1. The maximum Gasteiger partial charge on any atom is 0.351 e. The van der Waals surface area contributed by atoms with Gasteiger partial charge in [0.2, 0.25) is 11.8 Å². The number of ether oxygens (including phenoxy) is 5. The molecule has 5 heterocycles. The molecular weight excluding hydrogens is 812 g/mol. The number of aliphatic imine (C=N–C) groups is 1. The first-order valence-corrected chi connectivity index (χ1v) is 21.1. The number of fused-ring (bicyclic) bond motifs is 5. The first kappa shape index (κ1) is 48.8. The summed E-state index contributed by atoms with van der Waals surface area (Å²) in [5, 5.41) is 28.3. The number of hydrogen-bond acceptors (Lipinski definition) is 17. The molecule has 0 unspecified atom stereocenters. The third-order valence-corrected chi connectivity index (χ3v) is 12.0. The Morgan fingerprint density at radius 2 is 1.84 bits per heavy atom.